The molecule has 3 N–H and O–H groups in total. The highest BCUT2D eigenvalue weighted by Crippen LogP contribution is 2.26. The molecule has 0 aliphatic rings. The lowest BCUT2D eigenvalue weighted by Gasteiger charge is -2.07. The molecule has 0 saturated carbocycles. The van der Waals surface area contributed by atoms with Crippen molar-refractivity contribution in [3.63, 3.8) is 0 Å². The number of rotatable bonds is 4. The zero-order chi connectivity index (χ0) is 15.4. The van der Waals surface area contributed by atoms with Crippen LogP contribution in [-0.4, -0.2) is 10.8 Å². The average Bonchev–Trinajstić information content (AvgIpc) is 2.46. The Bertz CT molecular complexity index is 686. The van der Waals surface area contributed by atoms with E-state index in [9.17, 15) is 14.9 Å². The molecule has 2 aromatic carbocycles. The molecular formula is C14H12ClN3O3. The number of nitrogens with one attached hydrogen (secondary N) is 1. The SMILES string of the molecule is Nc1ccc(CNC(=O)c2c(Cl)cccc2[N+](=O)[O-])cc1. The number of nitrogens with zero attached hydrogens (tertiary/aromatic N) is 1. The molecule has 0 bridgehead atoms. The predicted molar refractivity (Wildman–Crippen MR) is 80.1 cm³/mol. The van der Waals surface area contributed by atoms with Gasteiger partial charge in [-0.05, 0) is 23.8 Å². The number of nitrogen functional groups attached to an aromatic ring is 1. The maximum absolute atomic E-state index is 12.1. The molecular weight excluding hydrogens is 294 g/mol. The third-order valence-electron chi connectivity index (χ3n) is 2.85. The van der Waals surface area contributed by atoms with Crippen LogP contribution in [0.2, 0.25) is 5.02 Å². The van der Waals surface area contributed by atoms with Crippen molar-refractivity contribution in [2.24, 2.45) is 0 Å². The van der Waals surface area contributed by atoms with Crippen LogP contribution in [0.1, 0.15) is 15.9 Å². The molecule has 0 heterocycles. The minimum atomic E-state index is -0.635. The second kappa shape index (κ2) is 6.23. The first kappa shape index (κ1) is 14.8. The number of nitro groups is 1. The minimum absolute atomic E-state index is 0.0407. The zero-order valence-corrected chi connectivity index (χ0v) is 11.6. The van der Waals surface area contributed by atoms with Gasteiger partial charge in [-0.15, -0.1) is 0 Å². The quantitative estimate of drug-likeness (QED) is 0.515. The van der Waals surface area contributed by atoms with Gasteiger partial charge in [0.05, 0.1) is 9.95 Å². The summed E-state index contributed by atoms with van der Waals surface area (Å²) in [5.41, 5.74) is 6.55. The number of carbonyl (C=O) groups is 1. The maximum atomic E-state index is 12.1. The van der Waals surface area contributed by atoms with Crippen molar-refractivity contribution in [2.45, 2.75) is 6.54 Å². The van der Waals surface area contributed by atoms with E-state index in [-0.39, 0.29) is 22.8 Å². The fraction of sp³-hybridized carbons (Fsp3) is 0.0714. The molecule has 1 amide bonds. The summed E-state index contributed by atoms with van der Waals surface area (Å²) in [4.78, 5) is 22.4. The van der Waals surface area contributed by atoms with Gasteiger partial charge < -0.3 is 11.1 Å². The van der Waals surface area contributed by atoms with E-state index in [1.807, 2.05) is 0 Å². The smallest absolute Gasteiger partial charge is 0.283 e. The van der Waals surface area contributed by atoms with Gasteiger partial charge >= 0.3 is 0 Å². The number of amides is 1. The van der Waals surface area contributed by atoms with Crippen LogP contribution in [0.3, 0.4) is 0 Å². The van der Waals surface area contributed by atoms with Gasteiger partial charge in [-0.1, -0.05) is 29.8 Å². The topological polar surface area (TPSA) is 98.3 Å². The van der Waals surface area contributed by atoms with Crippen LogP contribution in [0.5, 0.6) is 0 Å². The van der Waals surface area contributed by atoms with Gasteiger partial charge in [-0.2, -0.15) is 0 Å². The number of carbonyl (C=O) groups excluding carboxylic acids is 1. The van der Waals surface area contributed by atoms with Crippen LogP contribution in [0.4, 0.5) is 11.4 Å². The highest BCUT2D eigenvalue weighted by Gasteiger charge is 2.22. The molecule has 0 atom stereocenters. The fourth-order valence-corrected chi connectivity index (χ4v) is 2.05. The molecule has 108 valence electrons. The van der Waals surface area contributed by atoms with Gasteiger partial charge in [0.1, 0.15) is 5.56 Å². The van der Waals surface area contributed by atoms with Crippen molar-refractivity contribution >= 4 is 28.9 Å². The lowest BCUT2D eigenvalue weighted by atomic mass is 10.1. The first-order chi connectivity index (χ1) is 9.99. The van der Waals surface area contributed by atoms with E-state index in [1.165, 1.54) is 18.2 Å². The molecule has 0 unspecified atom stereocenters. The monoisotopic (exact) mass is 305 g/mol. The number of benzene rings is 2. The largest absolute Gasteiger partial charge is 0.399 e. The van der Waals surface area contributed by atoms with Crippen molar-refractivity contribution in [3.05, 3.63) is 68.7 Å². The van der Waals surface area contributed by atoms with Crippen molar-refractivity contribution in [1.29, 1.82) is 0 Å². The Morgan fingerprint density at radius 2 is 1.90 bits per heavy atom. The van der Waals surface area contributed by atoms with Gasteiger partial charge in [0, 0.05) is 18.3 Å². The van der Waals surface area contributed by atoms with Gasteiger partial charge in [-0.3, -0.25) is 14.9 Å². The third kappa shape index (κ3) is 3.49. The average molecular weight is 306 g/mol. The number of anilines is 1. The third-order valence-corrected chi connectivity index (χ3v) is 3.16. The summed E-state index contributed by atoms with van der Waals surface area (Å²) >= 11 is 5.89. The number of nitro benzene ring substituents is 1. The Hall–Kier alpha value is -2.60. The second-order valence-electron chi connectivity index (χ2n) is 4.32. The summed E-state index contributed by atoms with van der Waals surface area (Å²) in [5, 5.41) is 13.6. The molecule has 0 fully saturated rings. The van der Waals surface area contributed by atoms with Crippen molar-refractivity contribution in [3.8, 4) is 0 Å². The molecule has 0 saturated heterocycles. The number of hydrogen-bond acceptors (Lipinski definition) is 4. The van der Waals surface area contributed by atoms with E-state index in [1.54, 1.807) is 24.3 Å². The van der Waals surface area contributed by atoms with Crippen LogP contribution in [0.25, 0.3) is 0 Å². The van der Waals surface area contributed by atoms with E-state index in [0.717, 1.165) is 5.56 Å². The Balaban J connectivity index is 2.17. The van der Waals surface area contributed by atoms with Crippen molar-refractivity contribution in [1.82, 2.24) is 5.32 Å². The molecule has 0 radical (unpaired) electrons. The van der Waals surface area contributed by atoms with Gasteiger partial charge in [-0.25, -0.2) is 0 Å². The predicted octanol–water partition coefficient (Wildman–Crippen LogP) is 2.76. The molecule has 0 aliphatic heterocycles. The number of halogens is 1. The molecule has 7 heteroatoms. The van der Waals surface area contributed by atoms with E-state index >= 15 is 0 Å². The fourth-order valence-electron chi connectivity index (χ4n) is 1.80. The normalized spacial score (nSPS) is 10.1. The van der Waals surface area contributed by atoms with E-state index < -0.39 is 10.8 Å². The summed E-state index contributed by atoms with van der Waals surface area (Å²) < 4.78 is 0. The maximum Gasteiger partial charge on any atom is 0.283 e. The van der Waals surface area contributed by atoms with Crippen molar-refractivity contribution < 1.29 is 9.72 Å². The number of hydrogen-bond donors (Lipinski definition) is 2. The number of nitrogens with two attached hydrogens (primary N) is 1. The van der Waals surface area contributed by atoms with Gasteiger partial charge in [0.2, 0.25) is 0 Å². The molecule has 0 aliphatic carbocycles. The first-order valence-electron chi connectivity index (χ1n) is 6.04. The second-order valence-corrected chi connectivity index (χ2v) is 4.72. The summed E-state index contributed by atoms with van der Waals surface area (Å²) in [7, 11) is 0. The Morgan fingerprint density at radius 1 is 1.24 bits per heavy atom. The standard InChI is InChI=1S/C14H12ClN3O3/c15-11-2-1-3-12(18(20)21)13(11)14(19)17-8-9-4-6-10(16)7-5-9/h1-7H,8,16H2,(H,17,19). The molecule has 0 aromatic heterocycles. The van der Waals surface area contributed by atoms with Crippen molar-refractivity contribution in [2.75, 3.05) is 5.73 Å². The molecule has 2 rings (SSSR count). The van der Waals surface area contributed by atoms with Crippen LogP contribution in [0, 0.1) is 10.1 Å². The summed E-state index contributed by atoms with van der Waals surface area (Å²) in [6.07, 6.45) is 0. The first-order valence-corrected chi connectivity index (χ1v) is 6.42. The van der Waals surface area contributed by atoms with Crippen LogP contribution in [-0.2, 0) is 6.54 Å². The summed E-state index contributed by atoms with van der Waals surface area (Å²) in [5.74, 6) is -0.593. The Morgan fingerprint density at radius 3 is 2.52 bits per heavy atom. The Kier molecular flexibility index (Phi) is 4.39. The summed E-state index contributed by atoms with van der Waals surface area (Å²) in [6, 6.07) is 11.0. The van der Waals surface area contributed by atoms with E-state index in [0.29, 0.717) is 5.69 Å². The highest BCUT2D eigenvalue weighted by molar-refractivity contribution is 6.34. The molecule has 6 nitrogen and oxygen atoms in total. The van der Waals surface area contributed by atoms with Crippen LogP contribution in [0.15, 0.2) is 42.5 Å². The van der Waals surface area contributed by atoms with E-state index in [2.05, 4.69) is 5.32 Å². The molecule has 0 spiro atoms. The Labute approximate surface area is 125 Å². The van der Waals surface area contributed by atoms with E-state index in [4.69, 9.17) is 17.3 Å². The minimum Gasteiger partial charge on any atom is -0.399 e. The lowest BCUT2D eigenvalue weighted by Crippen LogP contribution is -2.24. The zero-order valence-electron chi connectivity index (χ0n) is 10.9. The van der Waals surface area contributed by atoms with Gasteiger partial charge in [0.25, 0.3) is 11.6 Å². The van der Waals surface area contributed by atoms with Crippen LogP contribution >= 0.6 is 11.6 Å². The van der Waals surface area contributed by atoms with Crippen LogP contribution < -0.4 is 11.1 Å². The lowest BCUT2D eigenvalue weighted by molar-refractivity contribution is -0.385. The highest BCUT2D eigenvalue weighted by atomic mass is 35.5. The summed E-state index contributed by atoms with van der Waals surface area (Å²) in [6.45, 7) is 0.224. The van der Waals surface area contributed by atoms with Gasteiger partial charge in [0.15, 0.2) is 0 Å². The molecule has 2 aromatic rings. The molecule has 21 heavy (non-hydrogen) atoms.